The molecule has 196 valence electrons. The van der Waals surface area contributed by atoms with Crippen LogP contribution in [0.5, 0.6) is 0 Å². The number of hydrogen-bond donors (Lipinski definition) is 6. The first-order chi connectivity index (χ1) is 17.1. The standard InChI is InChI=1S/C17H24N10O9/c28-11(29)3-1-9(15-20-22-24-26(15)7-5-13(32)33)18-17(36)19-10(2-4-12(30)31)16-21-23-25-27(16)8-6-14(34)35/h9-10H,1-8H2,(H,28,29)(H,30,31)(H,32,33)(H,34,35)(H2,18,19,36). The number of aromatic nitrogens is 8. The molecular weight excluding hydrogens is 488 g/mol. The Morgan fingerprint density at radius 2 is 1.00 bits per heavy atom. The minimum atomic E-state index is -1.16. The van der Waals surface area contributed by atoms with Crippen molar-refractivity contribution >= 4 is 29.9 Å². The molecule has 19 nitrogen and oxygen atoms in total. The molecular formula is C17H24N10O9. The van der Waals surface area contributed by atoms with E-state index in [1.165, 1.54) is 0 Å². The molecule has 0 spiro atoms. The number of carboxylic acids is 4. The Morgan fingerprint density at radius 1 is 0.639 bits per heavy atom. The van der Waals surface area contributed by atoms with Gasteiger partial charge in [0, 0.05) is 12.8 Å². The molecule has 19 heteroatoms. The monoisotopic (exact) mass is 512 g/mol. The predicted octanol–water partition coefficient (Wildman–Crippen LogP) is -1.58. The van der Waals surface area contributed by atoms with Gasteiger partial charge in [-0.3, -0.25) is 19.2 Å². The van der Waals surface area contributed by atoms with Gasteiger partial charge >= 0.3 is 29.9 Å². The molecule has 2 unspecified atom stereocenters. The van der Waals surface area contributed by atoms with Crippen LogP contribution in [0.3, 0.4) is 0 Å². The van der Waals surface area contributed by atoms with Gasteiger partial charge in [0.2, 0.25) is 0 Å². The third-order valence-corrected chi connectivity index (χ3v) is 4.72. The van der Waals surface area contributed by atoms with Crippen LogP contribution in [0.2, 0.25) is 0 Å². The SMILES string of the molecule is O=C(O)CCC(NC(=O)NC(CCC(=O)O)c1nnnn1CCC(=O)O)c1nnnn1CCC(=O)O. The summed E-state index contributed by atoms with van der Waals surface area (Å²) in [6.45, 7) is -0.270. The third-order valence-electron chi connectivity index (χ3n) is 4.72. The summed E-state index contributed by atoms with van der Waals surface area (Å²) >= 11 is 0. The number of hydrogen-bond acceptors (Lipinski definition) is 11. The summed E-state index contributed by atoms with van der Waals surface area (Å²) < 4.78 is 2.24. The second-order valence-electron chi connectivity index (χ2n) is 7.40. The van der Waals surface area contributed by atoms with Crippen LogP contribution in [0.25, 0.3) is 0 Å². The van der Waals surface area contributed by atoms with Crippen molar-refractivity contribution in [2.45, 2.75) is 63.7 Å². The maximum atomic E-state index is 12.8. The fourth-order valence-corrected chi connectivity index (χ4v) is 3.07. The van der Waals surface area contributed by atoms with Gasteiger partial charge in [0.1, 0.15) is 0 Å². The maximum absolute atomic E-state index is 12.8. The number of carbonyl (C=O) groups excluding carboxylic acids is 1. The molecule has 2 rings (SSSR count). The fourth-order valence-electron chi connectivity index (χ4n) is 3.07. The minimum absolute atomic E-state index is 0.0148. The lowest BCUT2D eigenvalue weighted by molar-refractivity contribution is -0.138. The second kappa shape index (κ2) is 13.2. The van der Waals surface area contributed by atoms with Crippen molar-refractivity contribution < 1.29 is 44.4 Å². The van der Waals surface area contributed by atoms with E-state index in [-0.39, 0.29) is 63.3 Å². The summed E-state index contributed by atoms with van der Waals surface area (Å²) in [5, 5.41) is 62.8. The molecule has 6 N–H and O–H groups in total. The largest absolute Gasteiger partial charge is 0.481 e. The number of urea groups is 1. The second-order valence-corrected chi connectivity index (χ2v) is 7.40. The number of nitrogens with zero attached hydrogens (tertiary/aromatic N) is 8. The summed E-state index contributed by atoms with van der Waals surface area (Å²) in [6, 6.07) is -2.97. The van der Waals surface area contributed by atoms with E-state index in [1.54, 1.807) is 0 Å². The van der Waals surface area contributed by atoms with Crippen molar-refractivity contribution in [3.05, 3.63) is 11.6 Å². The number of tetrazole rings is 2. The first kappa shape index (κ1) is 27.5. The average Bonchev–Trinajstić information content (AvgIpc) is 3.45. The Balaban J connectivity index is 2.22. The van der Waals surface area contributed by atoms with E-state index in [9.17, 15) is 24.0 Å². The molecule has 2 amide bonds. The van der Waals surface area contributed by atoms with Crippen LogP contribution >= 0.6 is 0 Å². The number of aliphatic carboxylic acids is 4. The van der Waals surface area contributed by atoms with Crippen molar-refractivity contribution in [3.63, 3.8) is 0 Å². The maximum Gasteiger partial charge on any atom is 0.315 e. The van der Waals surface area contributed by atoms with E-state index in [0.717, 1.165) is 9.36 Å². The Labute approximate surface area is 201 Å². The molecule has 0 saturated carbocycles. The molecule has 2 heterocycles. The molecule has 0 aliphatic carbocycles. The zero-order chi connectivity index (χ0) is 26.7. The van der Waals surface area contributed by atoms with E-state index < -0.39 is 42.0 Å². The predicted molar refractivity (Wildman–Crippen MR) is 111 cm³/mol. The molecule has 2 atom stereocenters. The van der Waals surface area contributed by atoms with E-state index in [2.05, 4.69) is 41.7 Å². The van der Waals surface area contributed by atoms with Gasteiger partial charge in [0.05, 0.1) is 38.0 Å². The number of aryl methyl sites for hydroxylation is 2. The summed E-state index contributed by atoms with van der Waals surface area (Å²) in [7, 11) is 0. The molecule has 36 heavy (non-hydrogen) atoms. The van der Waals surface area contributed by atoms with Crippen molar-refractivity contribution in [1.82, 2.24) is 51.0 Å². The van der Waals surface area contributed by atoms with Crippen molar-refractivity contribution in [3.8, 4) is 0 Å². The van der Waals surface area contributed by atoms with E-state index in [0.29, 0.717) is 0 Å². The Bertz CT molecular complexity index is 1000. The van der Waals surface area contributed by atoms with Crippen LogP contribution in [0.4, 0.5) is 4.79 Å². The number of amides is 2. The molecule has 2 aromatic heterocycles. The Morgan fingerprint density at radius 3 is 1.33 bits per heavy atom. The van der Waals surface area contributed by atoms with Crippen LogP contribution in [0.15, 0.2) is 0 Å². The van der Waals surface area contributed by atoms with Gasteiger partial charge in [0.25, 0.3) is 0 Å². The smallest absolute Gasteiger partial charge is 0.315 e. The van der Waals surface area contributed by atoms with Crippen LogP contribution in [0, 0.1) is 0 Å². The van der Waals surface area contributed by atoms with Crippen molar-refractivity contribution in [1.29, 1.82) is 0 Å². The highest BCUT2D eigenvalue weighted by Crippen LogP contribution is 2.19. The highest BCUT2D eigenvalue weighted by Gasteiger charge is 2.27. The van der Waals surface area contributed by atoms with Crippen LogP contribution in [0.1, 0.15) is 62.3 Å². The molecule has 0 aromatic carbocycles. The highest BCUT2D eigenvalue weighted by molar-refractivity contribution is 5.75. The number of carboxylic acid groups (broad SMARTS) is 4. The zero-order valence-corrected chi connectivity index (χ0v) is 18.7. The van der Waals surface area contributed by atoms with Crippen LogP contribution in [-0.2, 0) is 32.3 Å². The van der Waals surface area contributed by atoms with Crippen LogP contribution < -0.4 is 10.6 Å². The summed E-state index contributed by atoms with van der Waals surface area (Å²) in [5.41, 5.74) is 0. The first-order valence-corrected chi connectivity index (χ1v) is 10.5. The minimum Gasteiger partial charge on any atom is -0.481 e. The summed E-state index contributed by atoms with van der Waals surface area (Å²) in [6.07, 6.45) is -1.71. The summed E-state index contributed by atoms with van der Waals surface area (Å²) in [4.78, 5) is 56.8. The van der Waals surface area contributed by atoms with Gasteiger partial charge in [-0.25, -0.2) is 14.2 Å². The number of carbonyl (C=O) groups is 5. The molecule has 0 bridgehead atoms. The number of rotatable bonds is 16. The van der Waals surface area contributed by atoms with Crippen molar-refractivity contribution in [2.24, 2.45) is 0 Å². The van der Waals surface area contributed by atoms with Gasteiger partial charge in [-0.2, -0.15) is 0 Å². The van der Waals surface area contributed by atoms with E-state index >= 15 is 0 Å². The Kier molecular flexibility index (Phi) is 10.1. The van der Waals surface area contributed by atoms with Gasteiger partial charge in [-0.15, -0.1) is 10.2 Å². The molecule has 0 aliphatic heterocycles. The quantitative estimate of drug-likeness (QED) is 0.148. The normalized spacial score (nSPS) is 12.4. The van der Waals surface area contributed by atoms with Gasteiger partial charge < -0.3 is 31.1 Å². The molecule has 0 aliphatic rings. The van der Waals surface area contributed by atoms with Gasteiger partial charge in [-0.1, -0.05) is 0 Å². The van der Waals surface area contributed by atoms with Gasteiger partial charge in [-0.05, 0) is 33.7 Å². The third kappa shape index (κ3) is 8.91. The Hall–Kier alpha value is -4.71. The van der Waals surface area contributed by atoms with Crippen LogP contribution in [-0.4, -0.2) is 90.7 Å². The van der Waals surface area contributed by atoms with Crippen molar-refractivity contribution in [2.75, 3.05) is 0 Å². The summed E-state index contributed by atoms with van der Waals surface area (Å²) in [5.74, 6) is -4.54. The first-order valence-electron chi connectivity index (χ1n) is 10.5. The zero-order valence-electron chi connectivity index (χ0n) is 18.7. The average molecular weight is 512 g/mol. The molecule has 0 saturated heterocycles. The fraction of sp³-hybridized carbons (Fsp3) is 0.588. The van der Waals surface area contributed by atoms with Gasteiger partial charge in [0.15, 0.2) is 11.6 Å². The molecule has 2 aromatic rings. The van der Waals surface area contributed by atoms with E-state index in [1.807, 2.05) is 0 Å². The lowest BCUT2D eigenvalue weighted by Gasteiger charge is -2.21. The lowest BCUT2D eigenvalue weighted by Crippen LogP contribution is -2.42. The van der Waals surface area contributed by atoms with E-state index in [4.69, 9.17) is 20.4 Å². The highest BCUT2D eigenvalue weighted by atomic mass is 16.4. The number of nitrogens with one attached hydrogen (secondary N) is 2. The topological polar surface area (TPSA) is 278 Å². The lowest BCUT2D eigenvalue weighted by atomic mass is 10.1. The molecule has 0 fully saturated rings. The molecule has 0 radical (unpaired) electrons.